The first-order valence-corrected chi connectivity index (χ1v) is 8.24. The number of hydrogen-bond donors (Lipinski definition) is 2. The predicted molar refractivity (Wildman–Crippen MR) is 96.4 cm³/mol. The van der Waals surface area contributed by atoms with Crippen LogP contribution in [0.3, 0.4) is 0 Å². The summed E-state index contributed by atoms with van der Waals surface area (Å²) in [7, 11) is 0. The van der Waals surface area contributed by atoms with Crippen molar-refractivity contribution in [3.05, 3.63) is 58.0 Å². The van der Waals surface area contributed by atoms with Crippen molar-refractivity contribution in [2.24, 2.45) is 5.10 Å². The smallest absolute Gasteiger partial charge is 0.216 e. The van der Waals surface area contributed by atoms with Crippen LogP contribution in [-0.2, 0) is 12.8 Å². The molecular weight excluding hydrogens is 320 g/mol. The lowest BCUT2D eigenvalue weighted by molar-refractivity contribution is 0.844. The van der Waals surface area contributed by atoms with E-state index in [4.69, 9.17) is 12.2 Å². The summed E-state index contributed by atoms with van der Waals surface area (Å²) >= 11 is 5.29. The zero-order chi connectivity index (χ0) is 16.4. The third-order valence-electron chi connectivity index (χ3n) is 4.03. The lowest BCUT2D eigenvalue weighted by Gasteiger charge is -1.98. The van der Waals surface area contributed by atoms with Crippen molar-refractivity contribution >= 4 is 24.5 Å². The quantitative estimate of drug-likeness (QED) is 0.566. The molecule has 0 bridgehead atoms. The molecule has 6 nitrogen and oxygen atoms in total. The third-order valence-corrected chi connectivity index (χ3v) is 4.29. The predicted octanol–water partition coefficient (Wildman–Crippen LogP) is 3.37. The van der Waals surface area contributed by atoms with Crippen molar-refractivity contribution in [1.82, 2.24) is 25.1 Å². The molecule has 0 saturated carbocycles. The molecule has 0 aliphatic heterocycles. The summed E-state index contributed by atoms with van der Waals surface area (Å²) < 4.78 is 2.06. The zero-order valence-corrected chi connectivity index (χ0v) is 13.8. The van der Waals surface area contributed by atoms with Crippen LogP contribution in [-0.4, -0.2) is 31.3 Å². The maximum Gasteiger partial charge on any atom is 0.216 e. The highest BCUT2D eigenvalue weighted by atomic mass is 32.1. The molecule has 0 saturated heterocycles. The van der Waals surface area contributed by atoms with E-state index in [2.05, 4.69) is 25.5 Å². The van der Waals surface area contributed by atoms with Gasteiger partial charge in [-0.15, -0.1) is 0 Å². The molecule has 0 fully saturated rings. The normalized spacial score (nSPS) is 14.0. The maximum absolute atomic E-state index is 5.29. The van der Waals surface area contributed by atoms with E-state index >= 15 is 0 Å². The molecule has 24 heavy (non-hydrogen) atoms. The van der Waals surface area contributed by atoms with Crippen LogP contribution >= 0.6 is 12.2 Å². The molecule has 0 amide bonds. The summed E-state index contributed by atoms with van der Waals surface area (Å²) in [5.74, 6) is 0.642. The van der Waals surface area contributed by atoms with Gasteiger partial charge in [-0.05, 0) is 43.1 Å². The Morgan fingerprint density at radius 3 is 2.88 bits per heavy atom. The van der Waals surface area contributed by atoms with Crippen molar-refractivity contribution in [1.29, 1.82) is 0 Å². The molecule has 0 atom stereocenters. The number of aromatic nitrogens is 5. The Kier molecular flexibility index (Phi) is 3.92. The fourth-order valence-corrected chi connectivity index (χ4v) is 3.06. The molecule has 0 radical (unpaired) electrons. The van der Waals surface area contributed by atoms with Crippen LogP contribution in [0.5, 0.6) is 0 Å². The standard InChI is InChI=1S/C17H16N6S/c24-17-22-21-16(15-13-9-4-10-14(13)19-20-15)23(17)18-11-5-8-12-6-2-1-3-7-12/h1-3,5-8,11H,4,9-10H2,(H,19,20)(H,22,24)/b8-5+,18-11-. The van der Waals surface area contributed by atoms with E-state index in [9.17, 15) is 0 Å². The van der Waals surface area contributed by atoms with E-state index in [1.165, 1.54) is 11.3 Å². The number of H-pyrrole nitrogens is 2. The molecule has 2 aromatic heterocycles. The lowest BCUT2D eigenvalue weighted by Crippen LogP contribution is -1.96. The topological polar surface area (TPSA) is 74.7 Å². The molecule has 120 valence electrons. The summed E-state index contributed by atoms with van der Waals surface area (Å²) in [4.78, 5) is 0. The minimum Gasteiger partial charge on any atom is -0.282 e. The first-order chi connectivity index (χ1) is 11.8. The van der Waals surface area contributed by atoms with Gasteiger partial charge in [-0.1, -0.05) is 36.4 Å². The van der Waals surface area contributed by atoms with E-state index in [-0.39, 0.29) is 0 Å². The van der Waals surface area contributed by atoms with Crippen LogP contribution in [0, 0.1) is 4.77 Å². The van der Waals surface area contributed by atoms with Crippen molar-refractivity contribution in [2.45, 2.75) is 19.3 Å². The van der Waals surface area contributed by atoms with Gasteiger partial charge in [0.1, 0.15) is 5.69 Å². The summed E-state index contributed by atoms with van der Waals surface area (Å²) in [6.45, 7) is 0. The molecule has 1 aromatic carbocycles. The molecule has 4 rings (SSSR count). The van der Waals surface area contributed by atoms with Crippen LogP contribution < -0.4 is 0 Å². The third kappa shape index (κ3) is 2.74. The summed E-state index contributed by atoms with van der Waals surface area (Å²) in [6.07, 6.45) is 8.76. The van der Waals surface area contributed by atoms with E-state index in [1.807, 2.05) is 42.5 Å². The van der Waals surface area contributed by atoms with Crippen LogP contribution in [0.1, 0.15) is 23.2 Å². The number of nitrogens with zero attached hydrogens (tertiary/aromatic N) is 4. The van der Waals surface area contributed by atoms with E-state index in [1.54, 1.807) is 10.9 Å². The second-order valence-corrected chi connectivity index (χ2v) is 5.97. The number of rotatable bonds is 4. The highest BCUT2D eigenvalue weighted by Gasteiger charge is 2.22. The zero-order valence-electron chi connectivity index (χ0n) is 12.9. The Morgan fingerprint density at radius 1 is 1.12 bits per heavy atom. The number of fused-ring (bicyclic) bond motifs is 1. The van der Waals surface area contributed by atoms with Crippen LogP contribution in [0.25, 0.3) is 17.6 Å². The Bertz CT molecular complexity index is 961. The lowest BCUT2D eigenvalue weighted by atomic mass is 10.2. The summed E-state index contributed by atoms with van der Waals surface area (Å²) in [6, 6.07) is 10.1. The minimum absolute atomic E-state index is 0.448. The Morgan fingerprint density at radius 2 is 2.00 bits per heavy atom. The van der Waals surface area contributed by atoms with Gasteiger partial charge in [-0.3, -0.25) is 5.10 Å². The average Bonchev–Trinajstić information content (AvgIpc) is 3.29. The van der Waals surface area contributed by atoms with Gasteiger partial charge in [-0.25, -0.2) is 5.10 Å². The summed E-state index contributed by atoms with van der Waals surface area (Å²) in [5, 5.41) is 19.0. The number of benzene rings is 1. The number of nitrogens with one attached hydrogen (secondary N) is 2. The van der Waals surface area contributed by atoms with Gasteiger partial charge in [0.05, 0.1) is 0 Å². The Balaban J connectivity index is 1.62. The monoisotopic (exact) mass is 336 g/mol. The van der Waals surface area contributed by atoms with Crippen molar-refractivity contribution < 1.29 is 0 Å². The molecule has 0 unspecified atom stereocenters. The van der Waals surface area contributed by atoms with E-state index in [0.717, 1.165) is 30.5 Å². The Labute approximate surface area is 143 Å². The van der Waals surface area contributed by atoms with Gasteiger partial charge in [0.25, 0.3) is 0 Å². The number of hydrogen-bond acceptors (Lipinski definition) is 4. The van der Waals surface area contributed by atoms with Gasteiger partial charge >= 0.3 is 0 Å². The van der Waals surface area contributed by atoms with E-state index < -0.39 is 0 Å². The van der Waals surface area contributed by atoms with Crippen molar-refractivity contribution in [3.8, 4) is 11.5 Å². The molecule has 3 aromatic rings. The van der Waals surface area contributed by atoms with Crippen molar-refractivity contribution in [2.75, 3.05) is 0 Å². The van der Waals surface area contributed by atoms with Gasteiger partial charge in [0.2, 0.25) is 10.6 Å². The minimum atomic E-state index is 0.448. The summed E-state index contributed by atoms with van der Waals surface area (Å²) in [5.41, 5.74) is 4.36. The largest absolute Gasteiger partial charge is 0.282 e. The number of aryl methyl sites for hydroxylation is 1. The number of aromatic amines is 2. The second kappa shape index (κ2) is 6.37. The number of allylic oxidation sites excluding steroid dienone is 1. The molecule has 7 heteroatoms. The highest BCUT2D eigenvalue weighted by Crippen LogP contribution is 2.29. The van der Waals surface area contributed by atoms with Gasteiger partial charge < -0.3 is 0 Å². The molecule has 0 spiro atoms. The maximum atomic E-state index is 5.29. The van der Waals surface area contributed by atoms with Crippen LogP contribution in [0.15, 0.2) is 41.5 Å². The fraction of sp³-hybridized carbons (Fsp3) is 0.176. The first-order valence-electron chi connectivity index (χ1n) is 7.83. The molecular formula is C17H16N6S. The molecule has 2 N–H and O–H groups in total. The first kappa shape index (κ1) is 14.8. The van der Waals surface area contributed by atoms with Crippen molar-refractivity contribution in [3.63, 3.8) is 0 Å². The van der Waals surface area contributed by atoms with Gasteiger partial charge in [-0.2, -0.15) is 20.0 Å². The fourth-order valence-electron chi connectivity index (χ4n) is 2.88. The van der Waals surface area contributed by atoms with Gasteiger partial charge in [0.15, 0.2) is 0 Å². The molecule has 2 heterocycles. The van der Waals surface area contributed by atoms with E-state index in [0.29, 0.717) is 10.6 Å². The molecule has 1 aliphatic rings. The van der Waals surface area contributed by atoms with Crippen LogP contribution in [0.4, 0.5) is 0 Å². The average molecular weight is 336 g/mol. The Hall–Kier alpha value is -2.80. The highest BCUT2D eigenvalue weighted by molar-refractivity contribution is 7.71. The molecule has 1 aliphatic carbocycles. The van der Waals surface area contributed by atoms with Crippen LogP contribution in [0.2, 0.25) is 0 Å². The SMILES string of the molecule is S=c1[nH]nc(-c2n[nH]c3c2CCC3)n1/N=C\C=C\c1ccccc1. The second-order valence-electron chi connectivity index (χ2n) is 5.58. The van der Waals surface area contributed by atoms with Gasteiger partial charge in [0, 0.05) is 17.5 Å².